The van der Waals surface area contributed by atoms with Crippen LogP contribution < -0.4 is 15.2 Å². The van der Waals surface area contributed by atoms with Crippen molar-refractivity contribution in [3.05, 3.63) is 12.1 Å². The van der Waals surface area contributed by atoms with Gasteiger partial charge in [-0.1, -0.05) is 0 Å². The van der Waals surface area contributed by atoms with Crippen LogP contribution in [0, 0.1) is 0 Å². The molecule has 0 aliphatic carbocycles. The van der Waals surface area contributed by atoms with Gasteiger partial charge in [0.05, 0.1) is 19.9 Å². The standard InChI is InChI=1S/C10H16N2O4S/c1-12(2)17(13,14)10-6-9(16-4)8(15-3)5-7(10)11/h5-6H,11H2,1-4H3. The van der Waals surface area contributed by atoms with Crippen molar-refractivity contribution in [2.24, 2.45) is 0 Å². The van der Waals surface area contributed by atoms with Gasteiger partial charge >= 0.3 is 0 Å². The van der Waals surface area contributed by atoms with Crippen LogP contribution in [0.1, 0.15) is 0 Å². The average Bonchev–Trinajstić information content (AvgIpc) is 2.27. The molecule has 0 saturated carbocycles. The van der Waals surface area contributed by atoms with E-state index in [1.54, 1.807) is 0 Å². The van der Waals surface area contributed by atoms with Crippen molar-refractivity contribution in [2.75, 3.05) is 34.0 Å². The topological polar surface area (TPSA) is 81.9 Å². The summed E-state index contributed by atoms with van der Waals surface area (Å²) < 4.78 is 35.1. The van der Waals surface area contributed by atoms with E-state index in [-0.39, 0.29) is 10.6 Å². The maximum absolute atomic E-state index is 12.0. The number of sulfonamides is 1. The molecular weight excluding hydrogens is 244 g/mol. The van der Waals surface area contributed by atoms with Crippen LogP contribution in [0.25, 0.3) is 0 Å². The Bertz CT molecular complexity index is 511. The lowest BCUT2D eigenvalue weighted by atomic mass is 10.3. The van der Waals surface area contributed by atoms with E-state index in [1.807, 2.05) is 0 Å². The highest BCUT2D eigenvalue weighted by Crippen LogP contribution is 2.34. The van der Waals surface area contributed by atoms with Crippen molar-refractivity contribution in [2.45, 2.75) is 4.90 Å². The van der Waals surface area contributed by atoms with Gasteiger partial charge in [0, 0.05) is 26.2 Å². The molecule has 0 radical (unpaired) electrons. The minimum absolute atomic E-state index is 0.000139. The maximum Gasteiger partial charge on any atom is 0.244 e. The van der Waals surface area contributed by atoms with Crippen LogP contribution in [0.2, 0.25) is 0 Å². The quantitative estimate of drug-likeness (QED) is 0.799. The Morgan fingerprint density at radius 2 is 1.59 bits per heavy atom. The van der Waals surface area contributed by atoms with Gasteiger partial charge in [-0.25, -0.2) is 12.7 Å². The summed E-state index contributed by atoms with van der Waals surface area (Å²) in [5, 5.41) is 0. The predicted octanol–water partition coefficient (Wildman–Crippen LogP) is 0.536. The van der Waals surface area contributed by atoms with E-state index in [1.165, 1.54) is 40.4 Å². The number of nitrogens with two attached hydrogens (primary N) is 1. The first-order valence-corrected chi connectivity index (χ1v) is 6.22. The molecule has 0 bridgehead atoms. The summed E-state index contributed by atoms with van der Waals surface area (Å²) in [4.78, 5) is 0.000139. The fraction of sp³-hybridized carbons (Fsp3) is 0.400. The Labute approximate surface area is 101 Å². The number of hydrogen-bond donors (Lipinski definition) is 1. The van der Waals surface area contributed by atoms with Gasteiger partial charge < -0.3 is 15.2 Å². The van der Waals surface area contributed by atoms with Crippen LogP contribution in [-0.2, 0) is 10.0 Å². The monoisotopic (exact) mass is 260 g/mol. The molecule has 1 aromatic carbocycles. The summed E-state index contributed by atoms with van der Waals surface area (Å²) in [5.74, 6) is 0.713. The fourth-order valence-electron chi connectivity index (χ4n) is 1.30. The molecule has 2 N–H and O–H groups in total. The number of methoxy groups -OCH3 is 2. The van der Waals surface area contributed by atoms with Crippen molar-refractivity contribution in [3.63, 3.8) is 0 Å². The lowest BCUT2D eigenvalue weighted by Crippen LogP contribution is -2.23. The van der Waals surface area contributed by atoms with Crippen LogP contribution in [-0.4, -0.2) is 41.0 Å². The number of nitrogen functional groups attached to an aromatic ring is 1. The van der Waals surface area contributed by atoms with Crippen molar-refractivity contribution < 1.29 is 17.9 Å². The normalized spacial score (nSPS) is 11.6. The van der Waals surface area contributed by atoms with E-state index in [0.717, 1.165) is 4.31 Å². The van der Waals surface area contributed by atoms with Crippen LogP contribution in [0.15, 0.2) is 17.0 Å². The molecule has 6 nitrogen and oxygen atoms in total. The second kappa shape index (κ2) is 4.80. The maximum atomic E-state index is 12.0. The molecule has 0 amide bonds. The third-order valence-electron chi connectivity index (χ3n) is 2.27. The highest BCUT2D eigenvalue weighted by Gasteiger charge is 2.23. The molecule has 7 heteroatoms. The zero-order valence-corrected chi connectivity index (χ0v) is 11.0. The number of nitrogens with zero attached hydrogens (tertiary/aromatic N) is 1. The molecule has 0 aromatic heterocycles. The third kappa shape index (κ3) is 2.45. The third-order valence-corrected chi connectivity index (χ3v) is 4.15. The van der Waals surface area contributed by atoms with Gasteiger partial charge in [0.15, 0.2) is 11.5 Å². The second-order valence-electron chi connectivity index (χ2n) is 3.53. The molecule has 17 heavy (non-hydrogen) atoms. The summed E-state index contributed by atoms with van der Waals surface area (Å²) in [6, 6.07) is 2.78. The van der Waals surface area contributed by atoms with E-state index in [2.05, 4.69) is 0 Å². The fourth-order valence-corrected chi connectivity index (χ4v) is 2.30. The van der Waals surface area contributed by atoms with Gasteiger partial charge in [0.2, 0.25) is 10.0 Å². The summed E-state index contributed by atoms with van der Waals surface area (Å²) >= 11 is 0. The molecule has 96 valence electrons. The number of benzene rings is 1. The zero-order valence-electron chi connectivity index (χ0n) is 10.2. The van der Waals surface area contributed by atoms with Gasteiger partial charge in [0.1, 0.15) is 4.90 Å². The molecule has 1 aromatic rings. The first-order chi connectivity index (χ1) is 7.84. The van der Waals surface area contributed by atoms with Crippen molar-refractivity contribution in [1.82, 2.24) is 4.31 Å². The van der Waals surface area contributed by atoms with Crippen LogP contribution in [0.4, 0.5) is 5.69 Å². The molecular formula is C10H16N2O4S. The van der Waals surface area contributed by atoms with E-state index in [0.29, 0.717) is 11.5 Å². The Hall–Kier alpha value is -1.47. The van der Waals surface area contributed by atoms with Gasteiger partial charge in [-0.2, -0.15) is 0 Å². The van der Waals surface area contributed by atoms with Crippen LogP contribution in [0.3, 0.4) is 0 Å². The molecule has 0 aliphatic heterocycles. The van der Waals surface area contributed by atoms with Crippen molar-refractivity contribution in [1.29, 1.82) is 0 Å². The van der Waals surface area contributed by atoms with Gasteiger partial charge in [-0.3, -0.25) is 0 Å². The molecule has 0 atom stereocenters. The van der Waals surface area contributed by atoms with Gasteiger partial charge in [-0.05, 0) is 0 Å². The largest absolute Gasteiger partial charge is 0.493 e. The second-order valence-corrected chi connectivity index (χ2v) is 5.65. The first-order valence-electron chi connectivity index (χ1n) is 4.78. The van der Waals surface area contributed by atoms with Crippen molar-refractivity contribution >= 4 is 15.7 Å². The minimum atomic E-state index is -3.59. The Morgan fingerprint density at radius 3 is 2.00 bits per heavy atom. The Balaban J connectivity index is 3.47. The molecule has 0 heterocycles. The summed E-state index contributed by atoms with van der Waals surface area (Å²) in [5.41, 5.74) is 5.82. The minimum Gasteiger partial charge on any atom is -0.493 e. The lowest BCUT2D eigenvalue weighted by molar-refractivity contribution is 0.354. The molecule has 0 unspecified atom stereocenters. The summed E-state index contributed by atoms with van der Waals surface area (Å²) in [7, 11) is 2.17. The number of anilines is 1. The lowest BCUT2D eigenvalue weighted by Gasteiger charge is -2.16. The highest BCUT2D eigenvalue weighted by molar-refractivity contribution is 7.89. The van der Waals surface area contributed by atoms with Gasteiger partial charge in [0.25, 0.3) is 0 Å². The number of hydrogen-bond acceptors (Lipinski definition) is 5. The van der Waals surface area contributed by atoms with E-state index in [9.17, 15) is 8.42 Å². The van der Waals surface area contributed by atoms with E-state index < -0.39 is 10.0 Å². The zero-order chi connectivity index (χ0) is 13.2. The summed E-state index contributed by atoms with van der Waals surface area (Å²) in [6.45, 7) is 0. The molecule has 0 fully saturated rings. The smallest absolute Gasteiger partial charge is 0.244 e. The highest BCUT2D eigenvalue weighted by atomic mass is 32.2. The molecule has 0 aliphatic rings. The van der Waals surface area contributed by atoms with E-state index >= 15 is 0 Å². The molecule has 0 spiro atoms. The first kappa shape index (κ1) is 13.6. The van der Waals surface area contributed by atoms with Gasteiger partial charge in [-0.15, -0.1) is 0 Å². The molecule has 0 saturated heterocycles. The average molecular weight is 260 g/mol. The van der Waals surface area contributed by atoms with Crippen LogP contribution >= 0.6 is 0 Å². The SMILES string of the molecule is COc1cc(N)c(S(=O)(=O)N(C)C)cc1OC. The van der Waals surface area contributed by atoms with Crippen LogP contribution in [0.5, 0.6) is 11.5 Å². The van der Waals surface area contributed by atoms with E-state index in [4.69, 9.17) is 15.2 Å². The summed E-state index contributed by atoms with van der Waals surface area (Å²) in [6.07, 6.45) is 0. The Kier molecular flexibility index (Phi) is 3.84. The number of rotatable bonds is 4. The predicted molar refractivity (Wildman–Crippen MR) is 64.8 cm³/mol. The Morgan fingerprint density at radius 1 is 1.12 bits per heavy atom. The molecule has 1 rings (SSSR count). The van der Waals surface area contributed by atoms with Crippen molar-refractivity contribution in [3.8, 4) is 11.5 Å². The number of ether oxygens (including phenoxy) is 2.